The third-order valence-corrected chi connectivity index (χ3v) is 4.23. The number of amides is 2. The standard InChI is InChI=1S/C18H27N3O4/c1-13(2)18(23)21-9-7-20(8-10-21)12-17(22)19-15-11-14(24-3)5-6-16(15)25-4/h5-6,11,13H,7-10,12H2,1-4H3,(H,19,22). The van der Waals surface area contributed by atoms with Crippen LogP contribution in [0, 0.1) is 5.92 Å². The first-order chi connectivity index (χ1) is 11.9. The topological polar surface area (TPSA) is 71.1 Å². The molecule has 0 bridgehead atoms. The van der Waals surface area contributed by atoms with E-state index in [1.807, 2.05) is 23.6 Å². The van der Waals surface area contributed by atoms with Crippen LogP contribution in [0.4, 0.5) is 5.69 Å². The smallest absolute Gasteiger partial charge is 0.238 e. The molecular weight excluding hydrogens is 322 g/mol. The first kappa shape index (κ1) is 19.1. The maximum Gasteiger partial charge on any atom is 0.238 e. The summed E-state index contributed by atoms with van der Waals surface area (Å²) in [6.07, 6.45) is 0. The molecule has 1 saturated heterocycles. The molecule has 0 aromatic heterocycles. The van der Waals surface area contributed by atoms with Crippen LogP contribution in [0.5, 0.6) is 11.5 Å². The Morgan fingerprint density at radius 2 is 1.80 bits per heavy atom. The van der Waals surface area contributed by atoms with Crippen molar-refractivity contribution < 1.29 is 19.1 Å². The Bertz CT molecular complexity index is 610. The zero-order chi connectivity index (χ0) is 18.4. The highest BCUT2D eigenvalue weighted by Crippen LogP contribution is 2.28. The van der Waals surface area contributed by atoms with Gasteiger partial charge in [-0.05, 0) is 12.1 Å². The molecule has 1 heterocycles. The van der Waals surface area contributed by atoms with Gasteiger partial charge in [0.05, 0.1) is 26.5 Å². The molecule has 7 nitrogen and oxygen atoms in total. The van der Waals surface area contributed by atoms with Crippen LogP contribution in [0.3, 0.4) is 0 Å². The van der Waals surface area contributed by atoms with E-state index >= 15 is 0 Å². The van der Waals surface area contributed by atoms with Gasteiger partial charge in [-0.1, -0.05) is 13.8 Å². The fraction of sp³-hybridized carbons (Fsp3) is 0.556. The van der Waals surface area contributed by atoms with E-state index in [2.05, 4.69) is 5.32 Å². The third kappa shape index (κ3) is 5.09. The Morgan fingerprint density at radius 1 is 1.12 bits per heavy atom. The normalized spacial score (nSPS) is 15.2. The Kier molecular flexibility index (Phi) is 6.64. The van der Waals surface area contributed by atoms with E-state index in [1.54, 1.807) is 32.4 Å². The molecular formula is C18H27N3O4. The molecule has 0 aliphatic carbocycles. The largest absolute Gasteiger partial charge is 0.497 e. The van der Waals surface area contributed by atoms with Crippen molar-refractivity contribution >= 4 is 17.5 Å². The summed E-state index contributed by atoms with van der Waals surface area (Å²) < 4.78 is 10.5. The molecule has 1 aromatic rings. The number of nitrogens with zero attached hydrogens (tertiary/aromatic N) is 2. The van der Waals surface area contributed by atoms with Crippen molar-refractivity contribution in [1.29, 1.82) is 0 Å². The van der Waals surface area contributed by atoms with Gasteiger partial charge in [0, 0.05) is 38.2 Å². The molecule has 0 spiro atoms. The fourth-order valence-electron chi connectivity index (χ4n) is 2.80. The molecule has 0 atom stereocenters. The molecule has 0 saturated carbocycles. The van der Waals surface area contributed by atoms with Crippen molar-refractivity contribution in [3.05, 3.63) is 18.2 Å². The van der Waals surface area contributed by atoms with Crippen molar-refractivity contribution in [1.82, 2.24) is 9.80 Å². The molecule has 2 amide bonds. The molecule has 1 fully saturated rings. The first-order valence-electron chi connectivity index (χ1n) is 8.47. The van der Waals surface area contributed by atoms with Crippen LogP contribution in [0.2, 0.25) is 0 Å². The zero-order valence-corrected chi connectivity index (χ0v) is 15.4. The monoisotopic (exact) mass is 349 g/mol. The molecule has 138 valence electrons. The quantitative estimate of drug-likeness (QED) is 0.842. The average Bonchev–Trinajstić information content (AvgIpc) is 2.61. The SMILES string of the molecule is COc1ccc(OC)c(NC(=O)CN2CCN(C(=O)C(C)C)CC2)c1. The number of ether oxygens (including phenoxy) is 2. The van der Waals surface area contributed by atoms with Crippen molar-refractivity contribution in [3.8, 4) is 11.5 Å². The second-order valence-electron chi connectivity index (χ2n) is 6.37. The summed E-state index contributed by atoms with van der Waals surface area (Å²) in [4.78, 5) is 28.3. The molecule has 0 radical (unpaired) electrons. The van der Waals surface area contributed by atoms with Crippen LogP contribution in [0.25, 0.3) is 0 Å². The van der Waals surface area contributed by atoms with Crippen LogP contribution < -0.4 is 14.8 Å². The number of rotatable bonds is 6. The molecule has 25 heavy (non-hydrogen) atoms. The zero-order valence-electron chi connectivity index (χ0n) is 15.4. The van der Waals surface area contributed by atoms with E-state index in [9.17, 15) is 9.59 Å². The lowest BCUT2D eigenvalue weighted by atomic mass is 10.1. The second-order valence-corrected chi connectivity index (χ2v) is 6.37. The predicted octanol–water partition coefficient (Wildman–Crippen LogP) is 1.44. The van der Waals surface area contributed by atoms with Gasteiger partial charge in [0.1, 0.15) is 11.5 Å². The molecule has 0 unspecified atom stereocenters. The number of hydrogen-bond donors (Lipinski definition) is 1. The molecule has 1 aliphatic heterocycles. The Balaban J connectivity index is 1.88. The summed E-state index contributed by atoms with van der Waals surface area (Å²) in [6.45, 7) is 6.80. The van der Waals surface area contributed by atoms with E-state index in [4.69, 9.17) is 9.47 Å². The van der Waals surface area contributed by atoms with Crippen LogP contribution in [0.15, 0.2) is 18.2 Å². The predicted molar refractivity (Wildman–Crippen MR) is 96.0 cm³/mol. The van der Waals surface area contributed by atoms with Gasteiger partial charge < -0.3 is 19.7 Å². The summed E-state index contributed by atoms with van der Waals surface area (Å²) in [6, 6.07) is 5.26. The summed E-state index contributed by atoms with van der Waals surface area (Å²) in [5, 5.41) is 2.87. The molecule has 1 aliphatic rings. The number of methoxy groups -OCH3 is 2. The molecule has 2 rings (SSSR count). The number of piperazine rings is 1. The van der Waals surface area contributed by atoms with E-state index in [-0.39, 0.29) is 24.3 Å². The van der Waals surface area contributed by atoms with Gasteiger partial charge >= 0.3 is 0 Å². The van der Waals surface area contributed by atoms with Gasteiger partial charge in [-0.15, -0.1) is 0 Å². The van der Waals surface area contributed by atoms with E-state index in [0.717, 1.165) is 0 Å². The van der Waals surface area contributed by atoms with Crippen molar-refractivity contribution in [2.75, 3.05) is 52.3 Å². The maximum absolute atomic E-state index is 12.3. The third-order valence-electron chi connectivity index (χ3n) is 4.23. The first-order valence-corrected chi connectivity index (χ1v) is 8.47. The van der Waals surface area contributed by atoms with E-state index < -0.39 is 0 Å². The summed E-state index contributed by atoms with van der Waals surface area (Å²) in [7, 11) is 3.13. The van der Waals surface area contributed by atoms with Crippen LogP contribution in [-0.2, 0) is 9.59 Å². The lowest BCUT2D eigenvalue weighted by molar-refractivity contribution is -0.136. The van der Waals surface area contributed by atoms with Gasteiger partial charge in [0.15, 0.2) is 0 Å². The van der Waals surface area contributed by atoms with Crippen molar-refractivity contribution in [3.63, 3.8) is 0 Å². The summed E-state index contributed by atoms with van der Waals surface area (Å²) in [5.41, 5.74) is 0.584. The molecule has 7 heteroatoms. The highest BCUT2D eigenvalue weighted by atomic mass is 16.5. The Morgan fingerprint density at radius 3 is 2.36 bits per heavy atom. The Hall–Kier alpha value is -2.28. The molecule has 1 aromatic carbocycles. The number of nitrogens with one attached hydrogen (secondary N) is 1. The van der Waals surface area contributed by atoms with Crippen LogP contribution >= 0.6 is 0 Å². The maximum atomic E-state index is 12.3. The summed E-state index contributed by atoms with van der Waals surface area (Å²) in [5.74, 6) is 1.30. The van der Waals surface area contributed by atoms with E-state index in [1.165, 1.54) is 0 Å². The van der Waals surface area contributed by atoms with Gasteiger partial charge in [0.25, 0.3) is 0 Å². The number of benzene rings is 1. The van der Waals surface area contributed by atoms with Gasteiger partial charge in [-0.2, -0.15) is 0 Å². The lowest BCUT2D eigenvalue weighted by Crippen LogP contribution is -2.51. The van der Waals surface area contributed by atoms with Crippen LogP contribution in [-0.4, -0.2) is 68.6 Å². The number of carbonyl (C=O) groups is 2. The number of carbonyl (C=O) groups excluding carboxylic acids is 2. The highest BCUT2D eigenvalue weighted by molar-refractivity contribution is 5.94. The van der Waals surface area contributed by atoms with Gasteiger partial charge in [-0.3, -0.25) is 14.5 Å². The van der Waals surface area contributed by atoms with Crippen molar-refractivity contribution in [2.24, 2.45) is 5.92 Å². The minimum Gasteiger partial charge on any atom is -0.497 e. The number of hydrogen-bond acceptors (Lipinski definition) is 5. The fourth-order valence-corrected chi connectivity index (χ4v) is 2.80. The Labute approximate surface area is 148 Å². The van der Waals surface area contributed by atoms with Crippen LogP contribution in [0.1, 0.15) is 13.8 Å². The average molecular weight is 349 g/mol. The second kappa shape index (κ2) is 8.71. The van der Waals surface area contributed by atoms with Gasteiger partial charge in [-0.25, -0.2) is 0 Å². The molecule has 1 N–H and O–H groups in total. The highest BCUT2D eigenvalue weighted by Gasteiger charge is 2.24. The summed E-state index contributed by atoms with van der Waals surface area (Å²) >= 11 is 0. The van der Waals surface area contributed by atoms with E-state index in [0.29, 0.717) is 43.4 Å². The lowest BCUT2D eigenvalue weighted by Gasteiger charge is -2.35. The van der Waals surface area contributed by atoms with Gasteiger partial charge in [0.2, 0.25) is 11.8 Å². The minimum atomic E-state index is -0.116. The van der Waals surface area contributed by atoms with Crippen molar-refractivity contribution in [2.45, 2.75) is 13.8 Å². The number of anilines is 1. The minimum absolute atomic E-state index is 0.00961.